The lowest BCUT2D eigenvalue weighted by atomic mass is 10.1. The molecule has 0 saturated carbocycles. The summed E-state index contributed by atoms with van der Waals surface area (Å²) in [7, 11) is 0. The molecule has 0 aliphatic heterocycles. The molecule has 0 aliphatic rings. The van der Waals surface area contributed by atoms with Gasteiger partial charge >= 0.3 is 0 Å². The van der Waals surface area contributed by atoms with Gasteiger partial charge in [0.05, 0.1) is 0 Å². The van der Waals surface area contributed by atoms with Crippen molar-refractivity contribution in [1.29, 1.82) is 0 Å². The molecule has 2 heteroatoms. The van der Waals surface area contributed by atoms with E-state index in [2.05, 4.69) is 18.5 Å². The minimum Gasteiger partial charge on any atom is -0.356 e. The molecular formula is C14H16ClN. The third-order valence-electron chi connectivity index (χ3n) is 2.23. The zero-order chi connectivity index (χ0) is 12.1. The van der Waals surface area contributed by atoms with Crippen LogP contribution in [0.5, 0.6) is 0 Å². The van der Waals surface area contributed by atoms with Gasteiger partial charge in [0.1, 0.15) is 0 Å². The third kappa shape index (κ3) is 3.28. The number of halogens is 1. The largest absolute Gasteiger partial charge is 0.356 e. The number of hydrogen-bond donors (Lipinski definition) is 1. The molecule has 0 fully saturated rings. The van der Waals surface area contributed by atoms with Crippen molar-refractivity contribution in [3.63, 3.8) is 0 Å². The molecule has 84 valence electrons. The SMILES string of the molecule is C=C(C)/C(=C/C)NC(=C)c1ccc(Cl)cc1. The predicted molar refractivity (Wildman–Crippen MR) is 72.2 cm³/mol. The average Bonchev–Trinajstić information content (AvgIpc) is 2.26. The molecule has 0 aromatic heterocycles. The van der Waals surface area contributed by atoms with Crippen LogP contribution in [0.1, 0.15) is 19.4 Å². The van der Waals surface area contributed by atoms with Crippen molar-refractivity contribution in [1.82, 2.24) is 5.32 Å². The van der Waals surface area contributed by atoms with E-state index >= 15 is 0 Å². The number of benzene rings is 1. The van der Waals surface area contributed by atoms with Crippen LogP contribution < -0.4 is 5.32 Å². The van der Waals surface area contributed by atoms with E-state index in [1.165, 1.54) is 0 Å². The van der Waals surface area contributed by atoms with Crippen LogP contribution >= 0.6 is 11.6 Å². The first-order valence-electron chi connectivity index (χ1n) is 5.08. The molecule has 0 saturated heterocycles. The summed E-state index contributed by atoms with van der Waals surface area (Å²) in [4.78, 5) is 0. The van der Waals surface area contributed by atoms with Crippen molar-refractivity contribution in [3.05, 3.63) is 65.4 Å². The van der Waals surface area contributed by atoms with Gasteiger partial charge in [-0.3, -0.25) is 0 Å². The van der Waals surface area contributed by atoms with Crippen LogP contribution in [0.25, 0.3) is 5.70 Å². The van der Waals surface area contributed by atoms with Gasteiger partial charge < -0.3 is 5.32 Å². The molecule has 0 unspecified atom stereocenters. The molecule has 0 heterocycles. The van der Waals surface area contributed by atoms with E-state index in [1.807, 2.05) is 44.2 Å². The Bertz CT molecular complexity index is 427. The van der Waals surface area contributed by atoms with E-state index in [9.17, 15) is 0 Å². The molecule has 16 heavy (non-hydrogen) atoms. The van der Waals surface area contributed by atoms with E-state index in [0.29, 0.717) is 0 Å². The van der Waals surface area contributed by atoms with Crippen LogP contribution in [0.15, 0.2) is 54.8 Å². The first-order valence-corrected chi connectivity index (χ1v) is 5.46. The highest BCUT2D eigenvalue weighted by Gasteiger charge is 2.01. The summed E-state index contributed by atoms with van der Waals surface area (Å²) in [6.45, 7) is 11.8. The van der Waals surface area contributed by atoms with Gasteiger partial charge in [-0.2, -0.15) is 0 Å². The van der Waals surface area contributed by atoms with Crippen LogP contribution in [0.4, 0.5) is 0 Å². The van der Waals surface area contributed by atoms with Crippen molar-refractivity contribution >= 4 is 17.3 Å². The molecule has 0 amide bonds. The van der Waals surface area contributed by atoms with Crippen molar-refractivity contribution < 1.29 is 0 Å². The van der Waals surface area contributed by atoms with E-state index < -0.39 is 0 Å². The van der Waals surface area contributed by atoms with E-state index in [1.54, 1.807) is 0 Å². The summed E-state index contributed by atoms with van der Waals surface area (Å²) in [5, 5.41) is 3.95. The Morgan fingerprint density at radius 1 is 1.25 bits per heavy atom. The standard InChI is InChI=1S/C14H16ClN/c1-5-14(10(2)3)16-11(4)12-6-8-13(15)9-7-12/h5-9,16H,2,4H2,1,3H3/b14-5-. The summed E-state index contributed by atoms with van der Waals surface area (Å²) in [5.74, 6) is 0. The van der Waals surface area contributed by atoms with Crippen LogP contribution in [0.3, 0.4) is 0 Å². The van der Waals surface area contributed by atoms with E-state index in [0.717, 1.165) is 27.6 Å². The van der Waals surface area contributed by atoms with Gasteiger partial charge in [0, 0.05) is 16.4 Å². The number of hydrogen-bond acceptors (Lipinski definition) is 1. The molecule has 0 aliphatic carbocycles. The Morgan fingerprint density at radius 3 is 2.25 bits per heavy atom. The lowest BCUT2D eigenvalue weighted by molar-refractivity contribution is 1.09. The number of allylic oxidation sites excluding steroid dienone is 2. The molecule has 1 nitrogen and oxygen atoms in total. The number of nitrogens with one attached hydrogen (secondary N) is 1. The summed E-state index contributed by atoms with van der Waals surface area (Å²) >= 11 is 5.82. The Morgan fingerprint density at radius 2 is 1.81 bits per heavy atom. The summed E-state index contributed by atoms with van der Waals surface area (Å²) < 4.78 is 0. The monoisotopic (exact) mass is 233 g/mol. The summed E-state index contributed by atoms with van der Waals surface area (Å²) in [5.41, 5.74) is 3.83. The quantitative estimate of drug-likeness (QED) is 0.761. The van der Waals surface area contributed by atoms with Crippen molar-refractivity contribution in [2.75, 3.05) is 0 Å². The highest BCUT2D eigenvalue weighted by atomic mass is 35.5. The fraction of sp³-hybridized carbons (Fsp3) is 0.143. The maximum atomic E-state index is 5.82. The minimum atomic E-state index is 0.725. The van der Waals surface area contributed by atoms with Gasteiger partial charge in [-0.1, -0.05) is 43.0 Å². The molecule has 0 bridgehead atoms. The maximum absolute atomic E-state index is 5.82. The van der Waals surface area contributed by atoms with Gasteiger partial charge in [0.15, 0.2) is 0 Å². The fourth-order valence-electron chi connectivity index (χ4n) is 1.31. The molecule has 0 radical (unpaired) electrons. The number of rotatable bonds is 4. The Kier molecular flexibility index (Phi) is 4.39. The molecular weight excluding hydrogens is 218 g/mol. The Hall–Kier alpha value is -1.47. The van der Waals surface area contributed by atoms with Crippen LogP contribution in [0, 0.1) is 0 Å². The Labute approximate surface area is 102 Å². The van der Waals surface area contributed by atoms with Gasteiger partial charge in [0.25, 0.3) is 0 Å². The van der Waals surface area contributed by atoms with Gasteiger partial charge in [-0.15, -0.1) is 0 Å². The van der Waals surface area contributed by atoms with E-state index in [-0.39, 0.29) is 0 Å². The highest BCUT2D eigenvalue weighted by Crippen LogP contribution is 2.16. The van der Waals surface area contributed by atoms with Gasteiger partial charge in [0.2, 0.25) is 0 Å². The Balaban J connectivity index is 2.80. The molecule has 1 N–H and O–H groups in total. The first-order chi connectivity index (χ1) is 7.54. The van der Waals surface area contributed by atoms with Gasteiger partial charge in [-0.25, -0.2) is 0 Å². The molecule has 0 spiro atoms. The first kappa shape index (κ1) is 12.6. The smallest absolute Gasteiger partial charge is 0.0406 e. The van der Waals surface area contributed by atoms with Crippen molar-refractivity contribution in [2.24, 2.45) is 0 Å². The molecule has 1 aromatic carbocycles. The second-order valence-electron chi connectivity index (χ2n) is 3.59. The lowest BCUT2D eigenvalue weighted by Crippen LogP contribution is -2.11. The van der Waals surface area contributed by atoms with Crippen LogP contribution in [-0.2, 0) is 0 Å². The maximum Gasteiger partial charge on any atom is 0.0406 e. The van der Waals surface area contributed by atoms with Crippen molar-refractivity contribution in [2.45, 2.75) is 13.8 Å². The molecule has 1 rings (SSSR count). The van der Waals surface area contributed by atoms with Crippen LogP contribution in [0.2, 0.25) is 5.02 Å². The van der Waals surface area contributed by atoms with Crippen LogP contribution in [-0.4, -0.2) is 0 Å². The predicted octanol–water partition coefficient (Wildman–Crippen LogP) is 4.38. The highest BCUT2D eigenvalue weighted by molar-refractivity contribution is 6.30. The fourth-order valence-corrected chi connectivity index (χ4v) is 1.44. The molecule has 1 aromatic rings. The second kappa shape index (κ2) is 5.57. The zero-order valence-electron chi connectivity index (χ0n) is 9.68. The summed E-state index contributed by atoms with van der Waals surface area (Å²) in [6, 6.07) is 7.56. The lowest BCUT2D eigenvalue weighted by Gasteiger charge is -2.13. The van der Waals surface area contributed by atoms with Gasteiger partial charge in [-0.05, 0) is 37.1 Å². The minimum absolute atomic E-state index is 0.725. The molecule has 0 atom stereocenters. The average molecular weight is 234 g/mol. The normalized spacial score (nSPS) is 11.1. The second-order valence-corrected chi connectivity index (χ2v) is 4.03. The van der Waals surface area contributed by atoms with E-state index in [4.69, 9.17) is 11.6 Å². The topological polar surface area (TPSA) is 12.0 Å². The van der Waals surface area contributed by atoms with Crippen molar-refractivity contribution in [3.8, 4) is 0 Å². The zero-order valence-corrected chi connectivity index (χ0v) is 10.4. The third-order valence-corrected chi connectivity index (χ3v) is 2.48. The summed E-state index contributed by atoms with van der Waals surface area (Å²) in [6.07, 6.45) is 1.98.